The van der Waals surface area contributed by atoms with E-state index in [2.05, 4.69) is 17.9 Å². The lowest BCUT2D eigenvalue weighted by Gasteiger charge is -2.27. The van der Waals surface area contributed by atoms with Gasteiger partial charge in [-0.3, -0.25) is 0 Å². The Hall–Kier alpha value is -2.52. The molecule has 0 fully saturated rings. The van der Waals surface area contributed by atoms with Gasteiger partial charge in [0.15, 0.2) is 0 Å². The van der Waals surface area contributed by atoms with Crippen LogP contribution < -0.4 is 4.90 Å². The maximum Gasteiger partial charge on any atom is 0.137 e. The van der Waals surface area contributed by atoms with Gasteiger partial charge in [-0.05, 0) is 18.6 Å². The average Bonchev–Trinajstić information content (AvgIpc) is 2.60. The molecule has 0 amide bonds. The molecule has 1 aromatic rings. The Kier molecular flexibility index (Phi) is 6.45. The minimum atomic E-state index is 0.174. The van der Waals surface area contributed by atoms with E-state index in [1.165, 1.54) is 32.1 Å². The zero-order valence-corrected chi connectivity index (χ0v) is 13.8. The number of para-hydroxylation sites is 1. The second kappa shape index (κ2) is 8.81. The van der Waals surface area contributed by atoms with Crippen LogP contribution in [0.15, 0.2) is 42.1 Å². The van der Waals surface area contributed by atoms with E-state index < -0.39 is 0 Å². The molecule has 0 bridgehead atoms. The minimum Gasteiger partial charge on any atom is -0.347 e. The van der Waals surface area contributed by atoms with Gasteiger partial charge in [0.25, 0.3) is 0 Å². The van der Waals surface area contributed by atoms with E-state index in [1.54, 1.807) is 0 Å². The van der Waals surface area contributed by atoms with Crippen LogP contribution in [0.5, 0.6) is 0 Å². The van der Waals surface area contributed by atoms with Gasteiger partial charge in [-0.1, -0.05) is 57.2 Å². The highest BCUT2D eigenvalue weighted by atomic mass is 15.1. The number of hydrogen-bond donors (Lipinski definition) is 0. The predicted molar refractivity (Wildman–Crippen MR) is 94.5 cm³/mol. The Labute approximate surface area is 139 Å². The molecule has 23 heavy (non-hydrogen) atoms. The number of hydrogen-bond acceptors (Lipinski definition) is 3. The fraction of sp³-hybridized carbons (Fsp3) is 0.400. The molecule has 0 N–H and O–H groups in total. The molecule has 3 nitrogen and oxygen atoms in total. The second-order valence-electron chi connectivity index (χ2n) is 5.81. The fourth-order valence-corrected chi connectivity index (χ4v) is 2.91. The molecule has 0 radical (unpaired) electrons. The molecule has 1 aliphatic rings. The SMILES string of the molecule is CCCCCCCCN1C=CC(=C(C#N)C#N)c2ccccc21. The van der Waals surface area contributed by atoms with Crippen molar-refractivity contribution in [2.24, 2.45) is 0 Å². The predicted octanol–water partition coefficient (Wildman–Crippen LogP) is 5.18. The molecule has 0 saturated heterocycles. The zero-order chi connectivity index (χ0) is 16.5. The van der Waals surface area contributed by atoms with Gasteiger partial charge >= 0.3 is 0 Å². The van der Waals surface area contributed by atoms with Crippen LogP contribution in [0, 0.1) is 22.7 Å². The number of benzene rings is 1. The number of unbranched alkanes of at least 4 members (excludes halogenated alkanes) is 5. The molecule has 1 aromatic carbocycles. The molecule has 3 heteroatoms. The van der Waals surface area contributed by atoms with Crippen molar-refractivity contribution in [2.75, 3.05) is 11.4 Å². The maximum atomic E-state index is 9.14. The topological polar surface area (TPSA) is 50.8 Å². The van der Waals surface area contributed by atoms with E-state index in [0.717, 1.165) is 29.8 Å². The van der Waals surface area contributed by atoms with Crippen molar-refractivity contribution in [1.29, 1.82) is 10.5 Å². The van der Waals surface area contributed by atoms with E-state index in [4.69, 9.17) is 10.5 Å². The molecule has 0 aromatic heterocycles. The first-order chi connectivity index (χ1) is 11.3. The largest absolute Gasteiger partial charge is 0.347 e. The van der Waals surface area contributed by atoms with Gasteiger partial charge in [0.05, 0.1) is 0 Å². The summed E-state index contributed by atoms with van der Waals surface area (Å²) in [7, 11) is 0. The van der Waals surface area contributed by atoms with Crippen molar-refractivity contribution in [3.8, 4) is 12.1 Å². The summed E-state index contributed by atoms with van der Waals surface area (Å²) in [5, 5.41) is 18.3. The third-order valence-corrected chi connectivity index (χ3v) is 4.17. The van der Waals surface area contributed by atoms with Gasteiger partial charge in [0, 0.05) is 29.6 Å². The highest BCUT2D eigenvalue weighted by Gasteiger charge is 2.18. The van der Waals surface area contributed by atoms with E-state index in [0.29, 0.717) is 0 Å². The second-order valence-corrected chi connectivity index (χ2v) is 5.81. The van der Waals surface area contributed by atoms with Gasteiger partial charge in [-0.15, -0.1) is 0 Å². The van der Waals surface area contributed by atoms with Crippen molar-refractivity contribution >= 4 is 11.3 Å². The highest BCUT2D eigenvalue weighted by molar-refractivity contribution is 5.90. The van der Waals surface area contributed by atoms with Crippen LogP contribution in [-0.4, -0.2) is 6.54 Å². The van der Waals surface area contributed by atoms with Crippen LogP contribution in [0.2, 0.25) is 0 Å². The first-order valence-electron chi connectivity index (χ1n) is 8.40. The number of nitrogens with zero attached hydrogens (tertiary/aromatic N) is 3. The van der Waals surface area contributed by atoms with Crippen LogP contribution >= 0.6 is 0 Å². The standard InChI is InChI=1S/C20H23N3/c1-2-3-4-5-6-9-13-23-14-12-18(17(15-21)16-22)19-10-7-8-11-20(19)23/h7-8,10-12,14H,2-6,9,13H2,1H3. The van der Waals surface area contributed by atoms with Crippen molar-refractivity contribution in [3.63, 3.8) is 0 Å². The van der Waals surface area contributed by atoms with Gasteiger partial charge < -0.3 is 4.90 Å². The van der Waals surface area contributed by atoms with Crippen LogP contribution in [-0.2, 0) is 0 Å². The van der Waals surface area contributed by atoms with E-state index in [1.807, 2.05) is 42.6 Å². The summed E-state index contributed by atoms with van der Waals surface area (Å²) in [5.41, 5.74) is 2.96. The Morgan fingerprint density at radius 3 is 2.43 bits per heavy atom. The lowest BCUT2D eigenvalue weighted by Crippen LogP contribution is -2.21. The first kappa shape index (κ1) is 16.8. The number of fused-ring (bicyclic) bond motifs is 1. The van der Waals surface area contributed by atoms with Gasteiger partial charge in [-0.25, -0.2) is 0 Å². The fourth-order valence-electron chi connectivity index (χ4n) is 2.91. The summed E-state index contributed by atoms with van der Waals surface area (Å²) in [6, 6.07) is 12.0. The zero-order valence-electron chi connectivity index (χ0n) is 13.8. The quantitative estimate of drug-likeness (QED) is 0.515. The molecule has 0 spiro atoms. The van der Waals surface area contributed by atoms with Crippen molar-refractivity contribution in [3.05, 3.63) is 47.7 Å². The summed E-state index contributed by atoms with van der Waals surface area (Å²) in [6.45, 7) is 3.21. The Morgan fingerprint density at radius 1 is 1.00 bits per heavy atom. The van der Waals surface area contributed by atoms with E-state index in [-0.39, 0.29) is 5.57 Å². The lowest BCUT2D eigenvalue weighted by atomic mass is 9.96. The molecule has 2 rings (SSSR count). The Morgan fingerprint density at radius 2 is 1.70 bits per heavy atom. The van der Waals surface area contributed by atoms with Crippen molar-refractivity contribution in [1.82, 2.24) is 0 Å². The number of allylic oxidation sites excluding steroid dienone is 3. The average molecular weight is 305 g/mol. The highest BCUT2D eigenvalue weighted by Crippen LogP contribution is 2.34. The molecule has 0 unspecified atom stereocenters. The molecule has 0 saturated carbocycles. The summed E-state index contributed by atoms with van der Waals surface area (Å²) < 4.78 is 0. The summed E-state index contributed by atoms with van der Waals surface area (Å²) in [5.74, 6) is 0. The van der Waals surface area contributed by atoms with Crippen molar-refractivity contribution in [2.45, 2.75) is 45.4 Å². The summed E-state index contributed by atoms with van der Waals surface area (Å²) in [4.78, 5) is 2.23. The normalized spacial score (nSPS) is 12.5. The third kappa shape index (κ3) is 4.24. The molecule has 0 atom stereocenters. The third-order valence-electron chi connectivity index (χ3n) is 4.17. The van der Waals surface area contributed by atoms with Crippen molar-refractivity contribution < 1.29 is 0 Å². The van der Waals surface area contributed by atoms with Gasteiger partial charge in [-0.2, -0.15) is 10.5 Å². The summed E-state index contributed by atoms with van der Waals surface area (Å²) in [6.07, 6.45) is 11.5. The Balaban J connectivity index is 2.08. The molecule has 0 aliphatic carbocycles. The molecule has 1 aliphatic heterocycles. The van der Waals surface area contributed by atoms with Gasteiger partial charge in [0.1, 0.15) is 17.7 Å². The minimum absolute atomic E-state index is 0.174. The van der Waals surface area contributed by atoms with Gasteiger partial charge in [0.2, 0.25) is 0 Å². The number of rotatable bonds is 7. The number of anilines is 1. The van der Waals surface area contributed by atoms with Crippen LogP contribution in [0.4, 0.5) is 5.69 Å². The van der Waals surface area contributed by atoms with Crippen LogP contribution in [0.3, 0.4) is 0 Å². The Bertz CT molecular complexity index is 655. The summed E-state index contributed by atoms with van der Waals surface area (Å²) >= 11 is 0. The van der Waals surface area contributed by atoms with Crippen LogP contribution in [0.1, 0.15) is 51.0 Å². The smallest absolute Gasteiger partial charge is 0.137 e. The lowest BCUT2D eigenvalue weighted by molar-refractivity contribution is 0.608. The molecule has 1 heterocycles. The van der Waals surface area contributed by atoms with E-state index >= 15 is 0 Å². The number of nitriles is 2. The first-order valence-corrected chi connectivity index (χ1v) is 8.40. The maximum absolute atomic E-state index is 9.14. The molecular formula is C20H23N3. The molecular weight excluding hydrogens is 282 g/mol. The van der Waals surface area contributed by atoms with Crippen LogP contribution in [0.25, 0.3) is 5.57 Å². The monoisotopic (exact) mass is 305 g/mol. The van der Waals surface area contributed by atoms with E-state index in [9.17, 15) is 0 Å². The molecule has 118 valence electrons.